The molecule has 1 aromatic rings. The molecule has 1 aromatic carbocycles. The summed E-state index contributed by atoms with van der Waals surface area (Å²) in [6.07, 6.45) is 2.15. The van der Waals surface area contributed by atoms with Crippen LogP contribution in [0.1, 0.15) is 33.6 Å². The van der Waals surface area contributed by atoms with Crippen LogP contribution >= 0.6 is 11.6 Å². The Hall–Kier alpha value is -1.75. The highest BCUT2D eigenvalue weighted by Gasteiger charge is 2.09. The maximum atomic E-state index is 5.81. The minimum atomic E-state index is 0.234. The minimum absolute atomic E-state index is 0.234. The van der Waals surface area contributed by atoms with E-state index in [9.17, 15) is 0 Å². The third-order valence-electron chi connectivity index (χ3n) is 2.77. The van der Waals surface area contributed by atoms with E-state index in [0.29, 0.717) is 16.4 Å². The SMILES string of the molecule is CC(C)(C)CCC[NH+]=C(N)/N=C(\N)Nc1ccc(Cl)cc1. The van der Waals surface area contributed by atoms with E-state index in [2.05, 4.69) is 36.1 Å². The zero-order chi connectivity index (χ0) is 15.9. The second-order valence-electron chi connectivity index (χ2n) is 6.11. The highest BCUT2D eigenvalue weighted by molar-refractivity contribution is 6.30. The van der Waals surface area contributed by atoms with Gasteiger partial charge in [-0.1, -0.05) is 32.4 Å². The molecule has 0 saturated carbocycles. The van der Waals surface area contributed by atoms with E-state index in [1.807, 2.05) is 12.1 Å². The van der Waals surface area contributed by atoms with Gasteiger partial charge in [0.15, 0.2) is 0 Å². The first-order valence-electron chi connectivity index (χ1n) is 6.99. The van der Waals surface area contributed by atoms with E-state index >= 15 is 0 Å². The zero-order valence-corrected chi connectivity index (χ0v) is 13.7. The number of anilines is 1. The fourth-order valence-electron chi connectivity index (χ4n) is 1.71. The molecule has 0 unspecified atom stereocenters. The van der Waals surface area contributed by atoms with Crippen molar-refractivity contribution in [2.75, 3.05) is 11.9 Å². The number of benzene rings is 1. The van der Waals surface area contributed by atoms with Crippen LogP contribution in [0.2, 0.25) is 5.02 Å². The Bertz CT molecular complexity index is 500. The molecule has 21 heavy (non-hydrogen) atoms. The number of guanidine groups is 2. The Morgan fingerprint density at radius 3 is 2.43 bits per heavy atom. The van der Waals surface area contributed by atoms with Crippen molar-refractivity contribution in [3.8, 4) is 0 Å². The van der Waals surface area contributed by atoms with Crippen molar-refractivity contribution in [2.45, 2.75) is 33.6 Å². The number of hydrogen-bond acceptors (Lipinski definition) is 0. The molecule has 116 valence electrons. The third-order valence-corrected chi connectivity index (χ3v) is 3.02. The first-order valence-corrected chi connectivity index (χ1v) is 7.37. The molecular formula is C15H25ClN5+. The topological polar surface area (TPSA) is 90.4 Å². The fourth-order valence-corrected chi connectivity index (χ4v) is 1.84. The van der Waals surface area contributed by atoms with E-state index < -0.39 is 0 Å². The van der Waals surface area contributed by atoms with Gasteiger partial charge in [0.2, 0.25) is 0 Å². The molecule has 0 heterocycles. The number of aliphatic imine (C=N–C) groups is 1. The van der Waals surface area contributed by atoms with Crippen LogP contribution < -0.4 is 21.8 Å². The molecule has 0 bridgehead atoms. The van der Waals surface area contributed by atoms with E-state index in [1.54, 1.807) is 12.1 Å². The number of nitrogens with one attached hydrogen (secondary N) is 2. The normalized spacial score (nSPS) is 13.3. The third kappa shape index (κ3) is 8.19. The number of halogens is 1. The van der Waals surface area contributed by atoms with Crippen LogP contribution in [0.5, 0.6) is 0 Å². The van der Waals surface area contributed by atoms with Crippen LogP contribution in [0, 0.1) is 5.41 Å². The van der Waals surface area contributed by atoms with Crippen molar-refractivity contribution in [2.24, 2.45) is 21.9 Å². The van der Waals surface area contributed by atoms with Crippen molar-refractivity contribution >= 4 is 29.2 Å². The summed E-state index contributed by atoms with van der Waals surface area (Å²) in [6, 6.07) is 7.18. The zero-order valence-electron chi connectivity index (χ0n) is 12.9. The molecule has 0 aliphatic carbocycles. The largest absolute Gasteiger partial charge is 0.385 e. The van der Waals surface area contributed by atoms with Gasteiger partial charge in [-0.25, -0.2) is 0 Å². The predicted molar refractivity (Wildman–Crippen MR) is 90.4 cm³/mol. The average Bonchev–Trinajstić information content (AvgIpc) is 2.36. The van der Waals surface area contributed by atoms with Gasteiger partial charge in [0.05, 0.1) is 6.54 Å². The van der Waals surface area contributed by atoms with Gasteiger partial charge in [0, 0.05) is 10.7 Å². The summed E-state index contributed by atoms with van der Waals surface area (Å²) in [5, 5.41) is 3.61. The van der Waals surface area contributed by atoms with Gasteiger partial charge in [-0.05, 0) is 47.5 Å². The molecule has 1 rings (SSSR count). The van der Waals surface area contributed by atoms with Crippen LogP contribution in [0.4, 0.5) is 5.69 Å². The molecule has 6 N–H and O–H groups in total. The smallest absolute Gasteiger partial charge is 0.355 e. The average molecular weight is 311 g/mol. The predicted octanol–water partition coefficient (Wildman–Crippen LogP) is 1.29. The Labute approximate surface area is 131 Å². The summed E-state index contributed by atoms with van der Waals surface area (Å²) in [6.45, 7) is 7.42. The van der Waals surface area contributed by atoms with Crippen molar-refractivity contribution in [3.63, 3.8) is 0 Å². The molecule has 0 aliphatic rings. The number of hydrogen-bond donors (Lipinski definition) is 4. The number of nitrogens with zero attached hydrogens (tertiary/aromatic N) is 1. The second kappa shape index (κ2) is 7.88. The minimum Gasteiger partial charge on any atom is -0.355 e. The molecule has 0 amide bonds. The molecular weight excluding hydrogens is 286 g/mol. The van der Waals surface area contributed by atoms with Crippen LogP contribution in [-0.4, -0.2) is 18.5 Å². The lowest BCUT2D eigenvalue weighted by Crippen LogP contribution is -2.75. The van der Waals surface area contributed by atoms with Gasteiger partial charge < -0.3 is 11.1 Å². The van der Waals surface area contributed by atoms with E-state index in [-0.39, 0.29) is 5.96 Å². The molecule has 0 spiro atoms. The quantitative estimate of drug-likeness (QED) is 0.384. The van der Waals surface area contributed by atoms with Crippen LogP contribution in [0.25, 0.3) is 0 Å². The van der Waals surface area contributed by atoms with E-state index in [0.717, 1.165) is 25.1 Å². The summed E-state index contributed by atoms with van der Waals surface area (Å²) >= 11 is 5.81. The lowest BCUT2D eigenvalue weighted by atomic mass is 9.91. The first-order chi connectivity index (χ1) is 9.76. The lowest BCUT2D eigenvalue weighted by molar-refractivity contribution is -0.460. The molecule has 5 nitrogen and oxygen atoms in total. The van der Waals surface area contributed by atoms with Crippen LogP contribution in [-0.2, 0) is 0 Å². The van der Waals surface area contributed by atoms with Gasteiger partial charge in [-0.3, -0.25) is 10.7 Å². The van der Waals surface area contributed by atoms with Gasteiger partial charge in [0.1, 0.15) is 0 Å². The fraction of sp³-hybridized carbons (Fsp3) is 0.467. The Morgan fingerprint density at radius 2 is 1.86 bits per heavy atom. The summed E-state index contributed by atoms with van der Waals surface area (Å²) in [4.78, 5) is 7.11. The van der Waals surface area contributed by atoms with Crippen LogP contribution in [0.15, 0.2) is 29.3 Å². The highest BCUT2D eigenvalue weighted by atomic mass is 35.5. The Morgan fingerprint density at radius 1 is 1.24 bits per heavy atom. The summed E-state index contributed by atoms with van der Waals surface area (Å²) in [5.41, 5.74) is 12.7. The monoisotopic (exact) mass is 310 g/mol. The van der Waals surface area contributed by atoms with Gasteiger partial charge >= 0.3 is 5.96 Å². The van der Waals surface area contributed by atoms with Crippen LogP contribution in [0.3, 0.4) is 0 Å². The van der Waals surface area contributed by atoms with Crippen molar-refractivity contribution in [1.29, 1.82) is 0 Å². The maximum Gasteiger partial charge on any atom is 0.385 e. The lowest BCUT2D eigenvalue weighted by Gasteiger charge is -2.16. The Kier molecular flexibility index (Phi) is 6.49. The molecule has 0 radical (unpaired) electrons. The van der Waals surface area contributed by atoms with Gasteiger partial charge in [-0.15, -0.1) is 0 Å². The molecule has 0 saturated heterocycles. The highest BCUT2D eigenvalue weighted by Crippen LogP contribution is 2.19. The molecule has 0 fully saturated rings. The van der Waals surface area contributed by atoms with E-state index in [1.165, 1.54) is 0 Å². The summed E-state index contributed by atoms with van der Waals surface area (Å²) in [5.74, 6) is 0.543. The standard InChI is InChI=1S/C15H24ClN5/c1-15(2,3)9-4-10-19-13(17)21-14(18)20-12-7-5-11(16)6-8-12/h5-8H,4,9-10H2,1-3H3,(H5,17,18,19,20,21)/p+1. The molecule has 0 aromatic heterocycles. The molecule has 0 aliphatic heterocycles. The van der Waals surface area contributed by atoms with E-state index in [4.69, 9.17) is 23.1 Å². The van der Waals surface area contributed by atoms with Gasteiger partial charge in [-0.2, -0.15) is 0 Å². The number of nitrogens with two attached hydrogens (primary N) is 2. The molecule has 0 atom stereocenters. The summed E-state index contributed by atoms with van der Waals surface area (Å²) < 4.78 is 0. The Balaban J connectivity index is 2.46. The molecule has 6 heteroatoms. The first kappa shape index (κ1) is 17.3. The van der Waals surface area contributed by atoms with Gasteiger partial charge in [0.25, 0.3) is 5.96 Å². The second-order valence-corrected chi connectivity index (χ2v) is 6.54. The summed E-state index contributed by atoms with van der Waals surface area (Å²) in [7, 11) is 0. The number of rotatable bonds is 4. The maximum absolute atomic E-state index is 5.81. The van der Waals surface area contributed by atoms with Crippen molar-refractivity contribution in [3.05, 3.63) is 29.3 Å². The van der Waals surface area contributed by atoms with Crippen molar-refractivity contribution in [1.82, 2.24) is 0 Å². The van der Waals surface area contributed by atoms with Crippen molar-refractivity contribution < 1.29 is 4.99 Å².